The Kier molecular flexibility index (Phi) is 4.09. The zero-order chi connectivity index (χ0) is 13.1. The van der Waals surface area contributed by atoms with Gasteiger partial charge < -0.3 is 14.9 Å². The Morgan fingerprint density at radius 2 is 1.89 bits per heavy atom. The fraction of sp³-hybridized carbons (Fsp3) is 0.846. The standard InChI is InChI=1S/C13H22N2O3/c1-2-7-15(11-5-6-11)13(18)14(9-12(16)17)8-10-3-4-10/h10-11H,2-9H2,1H3,(H,16,17). The number of carboxylic acids is 1. The highest BCUT2D eigenvalue weighted by atomic mass is 16.4. The fourth-order valence-corrected chi connectivity index (χ4v) is 2.23. The predicted octanol–water partition coefficient (Wildman–Crippen LogP) is 1.78. The summed E-state index contributed by atoms with van der Waals surface area (Å²) in [5.41, 5.74) is 0. The van der Waals surface area contributed by atoms with Gasteiger partial charge in [-0.25, -0.2) is 4.79 Å². The Balaban J connectivity index is 1.96. The number of nitrogens with zero attached hydrogens (tertiary/aromatic N) is 2. The van der Waals surface area contributed by atoms with Gasteiger partial charge in [-0.2, -0.15) is 0 Å². The average Bonchev–Trinajstić information content (AvgIpc) is 3.15. The summed E-state index contributed by atoms with van der Waals surface area (Å²) in [4.78, 5) is 26.7. The second-order valence-electron chi connectivity index (χ2n) is 5.42. The van der Waals surface area contributed by atoms with Gasteiger partial charge in [-0.05, 0) is 38.0 Å². The van der Waals surface area contributed by atoms with E-state index in [1.165, 1.54) is 4.90 Å². The van der Waals surface area contributed by atoms with E-state index in [0.29, 0.717) is 18.5 Å². The van der Waals surface area contributed by atoms with Gasteiger partial charge in [0.1, 0.15) is 6.54 Å². The molecule has 2 amide bonds. The molecule has 2 fully saturated rings. The molecule has 0 unspecified atom stereocenters. The Labute approximate surface area is 108 Å². The molecule has 0 aromatic carbocycles. The molecule has 0 radical (unpaired) electrons. The van der Waals surface area contributed by atoms with Crippen molar-refractivity contribution in [2.75, 3.05) is 19.6 Å². The molecule has 18 heavy (non-hydrogen) atoms. The molecule has 2 saturated carbocycles. The Morgan fingerprint density at radius 1 is 1.22 bits per heavy atom. The largest absolute Gasteiger partial charge is 0.480 e. The summed E-state index contributed by atoms with van der Waals surface area (Å²) in [5.74, 6) is -0.396. The van der Waals surface area contributed by atoms with E-state index >= 15 is 0 Å². The summed E-state index contributed by atoms with van der Waals surface area (Å²) in [6.07, 6.45) is 5.31. The molecule has 0 heterocycles. The lowest BCUT2D eigenvalue weighted by molar-refractivity contribution is -0.137. The van der Waals surface area contributed by atoms with Crippen molar-refractivity contribution in [2.24, 2.45) is 5.92 Å². The molecular formula is C13H22N2O3. The fourth-order valence-electron chi connectivity index (χ4n) is 2.23. The number of rotatable bonds is 7. The van der Waals surface area contributed by atoms with E-state index in [0.717, 1.165) is 38.6 Å². The number of carbonyl (C=O) groups is 2. The van der Waals surface area contributed by atoms with Crippen molar-refractivity contribution in [1.29, 1.82) is 0 Å². The minimum Gasteiger partial charge on any atom is -0.480 e. The molecular weight excluding hydrogens is 232 g/mol. The highest BCUT2D eigenvalue weighted by molar-refractivity contribution is 5.80. The van der Waals surface area contributed by atoms with Crippen LogP contribution in [-0.2, 0) is 4.79 Å². The number of amides is 2. The number of aliphatic carboxylic acids is 1. The van der Waals surface area contributed by atoms with Crippen LogP contribution in [0.25, 0.3) is 0 Å². The van der Waals surface area contributed by atoms with E-state index in [1.54, 1.807) is 0 Å². The SMILES string of the molecule is CCCN(C(=O)N(CC(=O)O)CC1CC1)C1CC1. The van der Waals surface area contributed by atoms with E-state index in [2.05, 4.69) is 0 Å². The lowest BCUT2D eigenvalue weighted by Crippen LogP contribution is -2.47. The minimum absolute atomic E-state index is 0.0753. The van der Waals surface area contributed by atoms with Crippen LogP contribution in [-0.4, -0.2) is 52.6 Å². The van der Waals surface area contributed by atoms with Gasteiger partial charge in [0.15, 0.2) is 0 Å². The lowest BCUT2D eigenvalue weighted by atomic mass is 10.3. The third-order valence-electron chi connectivity index (χ3n) is 3.47. The van der Waals surface area contributed by atoms with Crippen molar-refractivity contribution in [3.63, 3.8) is 0 Å². The van der Waals surface area contributed by atoms with Gasteiger partial charge in [0.25, 0.3) is 0 Å². The van der Waals surface area contributed by atoms with Gasteiger partial charge in [-0.3, -0.25) is 4.79 Å². The third kappa shape index (κ3) is 3.62. The molecule has 2 rings (SSSR count). The van der Waals surface area contributed by atoms with Crippen LogP contribution in [0.3, 0.4) is 0 Å². The summed E-state index contributed by atoms with van der Waals surface area (Å²) in [6.45, 7) is 3.23. The summed E-state index contributed by atoms with van der Waals surface area (Å²) < 4.78 is 0. The van der Waals surface area contributed by atoms with Crippen molar-refractivity contribution in [1.82, 2.24) is 9.80 Å². The molecule has 0 atom stereocenters. The predicted molar refractivity (Wildman–Crippen MR) is 67.3 cm³/mol. The van der Waals surface area contributed by atoms with Gasteiger partial charge in [0.2, 0.25) is 0 Å². The molecule has 0 spiro atoms. The lowest BCUT2D eigenvalue weighted by Gasteiger charge is -2.29. The second-order valence-corrected chi connectivity index (χ2v) is 5.42. The van der Waals surface area contributed by atoms with Gasteiger partial charge in [0, 0.05) is 19.1 Å². The monoisotopic (exact) mass is 254 g/mol. The van der Waals surface area contributed by atoms with Crippen LogP contribution in [0, 0.1) is 5.92 Å². The Bertz CT molecular complexity index is 324. The number of hydrogen-bond donors (Lipinski definition) is 1. The number of hydrogen-bond acceptors (Lipinski definition) is 2. The first-order chi connectivity index (χ1) is 8.61. The number of urea groups is 1. The summed E-state index contributed by atoms with van der Waals surface area (Å²) in [6, 6.07) is 0.279. The van der Waals surface area contributed by atoms with Crippen molar-refractivity contribution in [2.45, 2.75) is 45.1 Å². The molecule has 5 heteroatoms. The van der Waals surface area contributed by atoms with Crippen molar-refractivity contribution < 1.29 is 14.7 Å². The first-order valence-corrected chi connectivity index (χ1v) is 6.89. The van der Waals surface area contributed by atoms with Crippen LogP contribution in [0.4, 0.5) is 4.79 Å². The zero-order valence-electron chi connectivity index (χ0n) is 11.0. The zero-order valence-corrected chi connectivity index (χ0v) is 11.0. The topological polar surface area (TPSA) is 60.9 Å². The van der Waals surface area contributed by atoms with Crippen molar-refractivity contribution in [3.05, 3.63) is 0 Å². The first-order valence-electron chi connectivity index (χ1n) is 6.89. The van der Waals surface area contributed by atoms with Crippen LogP contribution in [0.5, 0.6) is 0 Å². The van der Waals surface area contributed by atoms with Gasteiger partial charge in [-0.1, -0.05) is 6.92 Å². The van der Waals surface area contributed by atoms with Crippen LogP contribution >= 0.6 is 0 Å². The first kappa shape index (κ1) is 13.2. The second kappa shape index (κ2) is 5.59. The van der Waals surface area contributed by atoms with E-state index in [1.807, 2.05) is 11.8 Å². The number of carbonyl (C=O) groups excluding carboxylic acids is 1. The molecule has 2 aliphatic rings. The highest BCUT2D eigenvalue weighted by Gasteiger charge is 2.36. The summed E-state index contributed by atoms with van der Waals surface area (Å²) in [5, 5.41) is 8.92. The molecule has 102 valence electrons. The quantitative estimate of drug-likeness (QED) is 0.753. The maximum Gasteiger partial charge on any atom is 0.323 e. The van der Waals surface area contributed by atoms with Gasteiger partial charge in [0.05, 0.1) is 0 Å². The molecule has 0 aliphatic heterocycles. The maximum atomic E-state index is 12.4. The molecule has 0 aromatic rings. The summed E-state index contributed by atoms with van der Waals surface area (Å²) >= 11 is 0. The number of carboxylic acid groups (broad SMARTS) is 1. The van der Waals surface area contributed by atoms with E-state index in [9.17, 15) is 9.59 Å². The van der Waals surface area contributed by atoms with Crippen molar-refractivity contribution in [3.8, 4) is 0 Å². The van der Waals surface area contributed by atoms with Gasteiger partial charge >= 0.3 is 12.0 Å². The highest BCUT2D eigenvalue weighted by Crippen LogP contribution is 2.32. The van der Waals surface area contributed by atoms with E-state index < -0.39 is 5.97 Å². The van der Waals surface area contributed by atoms with E-state index in [4.69, 9.17) is 5.11 Å². The Hall–Kier alpha value is -1.26. The molecule has 5 nitrogen and oxygen atoms in total. The van der Waals surface area contributed by atoms with Crippen LogP contribution < -0.4 is 0 Å². The molecule has 0 aromatic heterocycles. The van der Waals surface area contributed by atoms with Gasteiger partial charge in [-0.15, -0.1) is 0 Å². The molecule has 0 saturated heterocycles. The Morgan fingerprint density at radius 3 is 2.33 bits per heavy atom. The minimum atomic E-state index is -0.920. The summed E-state index contributed by atoms with van der Waals surface area (Å²) in [7, 11) is 0. The smallest absolute Gasteiger partial charge is 0.323 e. The van der Waals surface area contributed by atoms with E-state index in [-0.39, 0.29) is 12.6 Å². The molecule has 2 aliphatic carbocycles. The average molecular weight is 254 g/mol. The third-order valence-corrected chi connectivity index (χ3v) is 3.47. The molecule has 1 N–H and O–H groups in total. The maximum absolute atomic E-state index is 12.4. The normalized spacial score (nSPS) is 18.5. The van der Waals surface area contributed by atoms with Crippen LogP contribution in [0.2, 0.25) is 0 Å². The van der Waals surface area contributed by atoms with Crippen LogP contribution in [0.1, 0.15) is 39.0 Å². The molecule has 0 bridgehead atoms. The van der Waals surface area contributed by atoms with Crippen LogP contribution in [0.15, 0.2) is 0 Å². The van der Waals surface area contributed by atoms with Crippen molar-refractivity contribution >= 4 is 12.0 Å².